The van der Waals surface area contributed by atoms with Crippen LogP contribution in [0.25, 0.3) is 50.3 Å². The van der Waals surface area contributed by atoms with Crippen molar-refractivity contribution in [3.63, 3.8) is 0 Å². The van der Waals surface area contributed by atoms with Gasteiger partial charge in [-0.15, -0.1) is 0 Å². The Morgan fingerprint density at radius 1 is 0.581 bits per heavy atom. The minimum atomic E-state index is 0.718. The Hall–Kier alpha value is -4.31. The van der Waals surface area contributed by atoms with Gasteiger partial charge in [0.25, 0.3) is 0 Å². The summed E-state index contributed by atoms with van der Waals surface area (Å²) in [7, 11) is 0. The largest absolute Gasteiger partial charge is 0.306 e. The van der Waals surface area contributed by atoms with Gasteiger partial charge in [0.2, 0.25) is 0 Å². The van der Waals surface area contributed by atoms with Crippen LogP contribution < -0.4 is 0 Å². The first-order chi connectivity index (χ1) is 15.4. The molecule has 0 amide bonds. The summed E-state index contributed by atoms with van der Waals surface area (Å²) in [5.74, 6) is 0.718. The quantitative estimate of drug-likeness (QED) is 0.351. The molecule has 0 spiro atoms. The van der Waals surface area contributed by atoms with Crippen LogP contribution in [0.1, 0.15) is 0 Å². The number of fused-ring (bicyclic) bond motifs is 3. The highest BCUT2D eigenvalue weighted by Gasteiger charge is 2.20. The summed E-state index contributed by atoms with van der Waals surface area (Å²) in [6.07, 6.45) is 3.61. The van der Waals surface area contributed by atoms with E-state index in [0.29, 0.717) is 0 Å². The average molecular weight is 398 g/mol. The number of hydrogen-bond donors (Lipinski definition) is 0. The molecule has 0 atom stereocenters. The summed E-state index contributed by atoms with van der Waals surface area (Å²) in [5, 5.41) is 1.11. The predicted molar refractivity (Wildman–Crippen MR) is 125 cm³/mol. The van der Waals surface area contributed by atoms with Gasteiger partial charge in [0, 0.05) is 34.6 Å². The molecule has 0 radical (unpaired) electrons. The maximum atomic E-state index is 5.06. The number of pyridine rings is 1. The number of aromatic nitrogens is 4. The van der Waals surface area contributed by atoms with E-state index in [0.717, 1.165) is 50.3 Å². The lowest BCUT2D eigenvalue weighted by atomic mass is 10.1. The Bertz CT molecular complexity index is 1510. The molecule has 31 heavy (non-hydrogen) atoms. The molecule has 3 aromatic carbocycles. The summed E-state index contributed by atoms with van der Waals surface area (Å²) in [4.78, 5) is 14.3. The first-order valence-electron chi connectivity index (χ1n) is 10.2. The van der Waals surface area contributed by atoms with Gasteiger partial charge in [0.1, 0.15) is 5.52 Å². The molecule has 0 aliphatic rings. The van der Waals surface area contributed by atoms with Crippen LogP contribution >= 0.6 is 0 Å². The monoisotopic (exact) mass is 398 g/mol. The van der Waals surface area contributed by atoms with Gasteiger partial charge in [0.05, 0.1) is 16.7 Å². The molecule has 0 unspecified atom stereocenters. The Labute approximate surface area is 179 Å². The van der Waals surface area contributed by atoms with E-state index in [4.69, 9.17) is 9.97 Å². The third-order valence-corrected chi connectivity index (χ3v) is 5.51. The Morgan fingerprint density at radius 3 is 2.03 bits per heavy atom. The van der Waals surface area contributed by atoms with E-state index in [2.05, 4.69) is 58.1 Å². The molecule has 146 valence electrons. The lowest BCUT2D eigenvalue weighted by Crippen LogP contribution is -1.99. The van der Waals surface area contributed by atoms with Crippen LogP contribution in [0.4, 0.5) is 0 Å². The van der Waals surface area contributed by atoms with Crippen LogP contribution in [0.2, 0.25) is 0 Å². The van der Waals surface area contributed by atoms with Crippen molar-refractivity contribution in [3.05, 3.63) is 109 Å². The summed E-state index contributed by atoms with van der Waals surface area (Å²) in [6.45, 7) is 0. The molecule has 0 fully saturated rings. The van der Waals surface area contributed by atoms with Crippen LogP contribution in [0.15, 0.2) is 109 Å². The predicted octanol–water partition coefficient (Wildman–Crippen LogP) is 6.30. The second kappa shape index (κ2) is 7.18. The van der Waals surface area contributed by atoms with Crippen molar-refractivity contribution in [2.45, 2.75) is 0 Å². The van der Waals surface area contributed by atoms with Crippen molar-refractivity contribution in [1.82, 2.24) is 19.5 Å². The molecule has 6 aromatic rings. The second-order valence-corrected chi connectivity index (χ2v) is 7.38. The number of para-hydroxylation sites is 2. The zero-order valence-corrected chi connectivity index (χ0v) is 16.7. The van der Waals surface area contributed by atoms with Crippen LogP contribution in [-0.4, -0.2) is 19.5 Å². The second-order valence-electron chi connectivity index (χ2n) is 7.38. The van der Waals surface area contributed by atoms with Crippen LogP contribution in [0, 0.1) is 0 Å². The SMILES string of the molecule is c1ccc(-c2nc(-c3ccncc3)c3c(n2)c2ccccc2n3-c2ccccc2)cc1. The lowest BCUT2D eigenvalue weighted by Gasteiger charge is -2.12. The maximum absolute atomic E-state index is 5.06. The highest BCUT2D eigenvalue weighted by Crippen LogP contribution is 2.37. The molecule has 0 N–H and O–H groups in total. The van der Waals surface area contributed by atoms with E-state index in [1.54, 1.807) is 12.4 Å². The van der Waals surface area contributed by atoms with Crippen molar-refractivity contribution in [2.75, 3.05) is 0 Å². The molecule has 3 aromatic heterocycles. The molecule has 3 heterocycles. The van der Waals surface area contributed by atoms with E-state index < -0.39 is 0 Å². The topological polar surface area (TPSA) is 43.6 Å². The van der Waals surface area contributed by atoms with Gasteiger partial charge in [0.15, 0.2) is 5.82 Å². The van der Waals surface area contributed by atoms with Crippen molar-refractivity contribution < 1.29 is 0 Å². The molecule has 4 heteroatoms. The third kappa shape index (κ3) is 2.89. The molecule has 0 saturated carbocycles. The number of hydrogen-bond acceptors (Lipinski definition) is 3. The van der Waals surface area contributed by atoms with E-state index >= 15 is 0 Å². The van der Waals surface area contributed by atoms with Gasteiger partial charge < -0.3 is 4.57 Å². The normalized spacial score (nSPS) is 11.2. The smallest absolute Gasteiger partial charge is 0.160 e. The first-order valence-corrected chi connectivity index (χ1v) is 10.2. The average Bonchev–Trinajstić information content (AvgIpc) is 3.19. The number of benzene rings is 3. The molecule has 0 aliphatic carbocycles. The van der Waals surface area contributed by atoms with Gasteiger partial charge in [-0.2, -0.15) is 0 Å². The maximum Gasteiger partial charge on any atom is 0.160 e. The zero-order valence-electron chi connectivity index (χ0n) is 16.7. The molecule has 0 aliphatic heterocycles. The Morgan fingerprint density at radius 2 is 1.26 bits per heavy atom. The fraction of sp³-hybridized carbons (Fsp3) is 0. The molecule has 4 nitrogen and oxygen atoms in total. The van der Waals surface area contributed by atoms with Crippen molar-refractivity contribution in [1.29, 1.82) is 0 Å². The highest BCUT2D eigenvalue weighted by molar-refractivity contribution is 6.11. The molecule has 0 saturated heterocycles. The summed E-state index contributed by atoms with van der Waals surface area (Å²) < 4.78 is 2.26. The molecule has 6 rings (SSSR count). The van der Waals surface area contributed by atoms with Gasteiger partial charge in [-0.1, -0.05) is 66.7 Å². The third-order valence-electron chi connectivity index (χ3n) is 5.51. The fourth-order valence-electron chi connectivity index (χ4n) is 4.12. The van der Waals surface area contributed by atoms with Gasteiger partial charge in [-0.25, -0.2) is 9.97 Å². The first kappa shape index (κ1) is 17.5. The number of rotatable bonds is 3. The molecule has 0 bridgehead atoms. The molecular weight excluding hydrogens is 380 g/mol. The summed E-state index contributed by atoms with van der Waals surface area (Å²) >= 11 is 0. The molecular formula is C27H18N4. The summed E-state index contributed by atoms with van der Waals surface area (Å²) in [5.41, 5.74) is 7.04. The van der Waals surface area contributed by atoms with E-state index in [9.17, 15) is 0 Å². The van der Waals surface area contributed by atoms with Crippen molar-refractivity contribution in [3.8, 4) is 28.3 Å². The Balaban J connectivity index is 1.81. The van der Waals surface area contributed by atoms with E-state index in [1.807, 2.05) is 48.5 Å². The van der Waals surface area contributed by atoms with Crippen LogP contribution in [0.5, 0.6) is 0 Å². The van der Waals surface area contributed by atoms with Gasteiger partial charge in [-0.3, -0.25) is 4.98 Å². The highest BCUT2D eigenvalue weighted by atomic mass is 15.0. The van der Waals surface area contributed by atoms with Gasteiger partial charge in [-0.05, 0) is 30.3 Å². The van der Waals surface area contributed by atoms with Crippen molar-refractivity contribution >= 4 is 21.9 Å². The van der Waals surface area contributed by atoms with E-state index in [-0.39, 0.29) is 0 Å². The fourth-order valence-corrected chi connectivity index (χ4v) is 4.12. The van der Waals surface area contributed by atoms with E-state index in [1.165, 1.54) is 0 Å². The zero-order chi connectivity index (χ0) is 20.6. The van der Waals surface area contributed by atoms with Crippen LogP contribution in [-0.2, 0) is 0 Å². The number of nitrogens with zero attached hydrogens (tertiary/aromatic N) is 4. The summed E-state index contributed by atoms with van der Waals surface area (Å²) in [6, 6.07) is 32.9. The minimum absolute atomic E-state index is 0.718. The van der Waals surface area contributed by atoms with Gasteiger partial charge >= 0.3 is 0 Å². The lowest BCUT2D eigenvalue weighted by molar-refractivity contribution is 1.15. The standard InChI is InChI=1S/C27H18N4/c1-3-9-20(10-4-1)27-29-24(19-15-17-28-18-16-19)26-25(30-27)22-13-7-8-14-23(22)31(26)21-11-5-2-6-12-21/h1-18H. The minimum Gasteiger partial charge on any atom is -0.306 e. The van der Waals surface area contributed by atoms with Crippen LogP contribution in [0.3, 0.4) is 0 Å². The van der Waals surface area contributed by atoms with Crippen molar-refractivity contribution in [2.24, 2.45) is 0 Å². The Kier molecular flexibility index (Phi) is 4.06.